The Morgan fingerprint density at radius 1 is 1.04 bits per heavy atom. The van der Waals surface area contributed by atoms with Crippen molar-refractivity contribution < 1.29 is 9.90 Å². The molecule has 25 heavy (non-hydrogen) atoms. The summed E-state index contributed by atoms with van der Waals surface area (Å²) in [5.74, 6) is 0.225. The molecule has 0 aromatic heterocycles. The van der Waals surface area contributed by atoms with E-state index in [2.05, 4.69) is 5.32 Å². The number of hydrogen-bond acceptors (Lipinski definition) is 2. The average Bonchev–Trinajstić information content (AvgIpc) is 3.45. The molecule has 126 valence electrons. The predicted octanol–water partition coefficient (Wildman–Crippen LogP) is 4.74. The van der Waals surface area contributed by atoms with E-state index in [1.807, 2.05) is 53.4 Å². The lowest BCUT2D eigenvalue weighted by atomic mass is 10.1. The van der Waals surface area contributed by atoms with Crippen LogP contribution in [0.25, 0.3) is 10.8 Å². The number of rotatable bonds is 4. The van der Waals surface area contributed by atoms with Crippen LogP contribution in [0.5, 0.6) is 5.75 Å². The van der Waals surface area contributed by atoms with Gasteiger partial charge in [-0.25, -0.2) is 4.79 Å². The first-order valence-corrected chi connectivity index (χ1v) is 8.54. The molecule has 0 radical (unpaired) electrons. The van der Waals surface area contributed by atoms with Crippen molar-refractivity contribution >= 4 is 22.5 Å². The SMILES string of the molecule is O=C(Nc1cccc2ccccc12)N(Cc1cccc(O)c1)C1CC1. The summed E-state index contributed by atoms with van der Waals surface area (Å²) in [6.07, 6.45) is 2.06. The fraction of sp³-hybridized carbons (Fsp3) is 0.190. The van der Waals surface area contributed by atoms with Gasteiger partial charge in [0.1, 0.15) is 5.75 Å². The Bertz CT molecular complexity index is 913. The van der Waals surface area contributed by atoms with Crippen molar-refractivity contribution in [2.45, 2.75) is 25.4 Å². The summed E-state index contributed by atoms with van der Waals surface area (Å²) in [7, 11) is 0. The number of benzene rings is 3. The van der Waals surface area contributed by atoms with E-state index in [9.17, 15) is 9.90 Å². The van der Waals surface area contributed by atoms with E-state index in [0.29, 0.717) is 6.54 Å². The lowest BCUT2D eigenvalue weighted by Crippen LogP contribution is -2.36. The monoisotopic (exact) mass is 332 g/mol. The number of nitrogens with zero attached hydrogens (tertiary/aromatic N) is 1. The largest absolute Gasteiger partial charge is 0.508 e. The van der Waals surface area contributed by atoms with Crippen LogP contribution in [0.3, 0.4) is 0 Å². The molecule has 4 nitrogen and oxygen atoms in total. The number of amides is 2. The minimum absolute atomic E-state index is 0.0952. The molecule has 1 aliphatic rings. The third-order valence-corrected chi connectivity index (χ3v) is 4.54. The molecule has 0 heterocycles. The van der Waals surface area contributed by atoms with E-state index in [0.717, 1.165) is 34.9 Å². The maximum Gasteiger partial charge on any atom is 0.322 e. The minimum atomic E-state index is -0.0952. The van der Waals surface area contributed by atoms with Crippen LogP contribution >= 0.6 is 0 Å². The molecule has 0 aliphatic heterocycles. The molecule has 0 spiro atoms. The fourth-order valence-corrected chi connectivity index (χ4v) is 3.13. The quantitative estimate of drug-likeness (QED) is 0.725. The first kappa shape index (κ1) is 15.5. The van der Waals surface area contributed by atoms with Gasteiger partial charge in [0.05, 0.1) is 5.69 Å². The van der Waals surface area contributed by atoms with Crippen LogP contribution < -0.4 is 5.32 Å². The highest BCUT2D eigenvalue weighted by atomic mass is 16.3. The van der Waals surface area contributed by atoms with Gasteiger partial charge < -0.3 is 15.3 Å². The maximum atomic E-state index is 12.9. The van der Waals surface area contributed by atoms with Crippen LogP contribution in [-0.2, 0) is 6.54 Å². The Morgan fingerprint density at radius 2 is 1.80 bits per heavy atom. The second kappa shape index (κ2) is 6.48. The van der Waals surface area contributed by atoms with Gasteiger partial charge in [-0.15, -0.1) is 0 Å². The van der Waals surface area contributed by atoms with E-state index >= 15 is 0 Å². The third kappa shape index (κ3) is 3.43. The number of anilines is 1. The number of fused-ring (bicyclic) bond motifs is 1. The summed E-state index contributed by atoms with van der Waals surface area (Å²) in [6.45, 7) is 0.496. The van der Waals surface area contributed by atoms with Crippen molar-refractivity contribution in [2.24, 2.45) is 0 Å². The van der Waals surface area contributed by atoms with Crippen LogP contribution in [0.15, 0.2) is 66.7 Å². The van der Waals surface area contributed by atoms with E-state index in [-0.39, 0.29) is 17.8 Å². The zero-order valence-corrected chi connectivity index (χ0v) is 13.9. The first-order chi connectivity index (χ1) is 12.2. The molecule has 4 heteroatoms. The molecule has 1 aliphatic carbocycles. The van der Waals surface area contributed by atoms with Gasteiger partial charge in [0.25, 0.3) is 0 Å². The van der Waals surface area contributed by atoms with Gasteiger partial charge >= 0.3 is 6.03 Å². The van der Waals surface area contributed by atoms with Crippen LogP contribution in [0, 0.1) is 0 Å². The molecule has 0 atom stereocenters. The normalized spacial score (nSPS) is 13.6. The van der Waals surface area contributed by atoms with Gasteiger partial charge in [0.2, 0.25) is 0 Å². The highest BCUT2D eigenvalue weighted by molar-refractivity contribution is 6.01. The number of carbonyl (C=O) groups is 1. The molecule has 3 aromatic carbocycles. The zero-order chi connectivity index (χ0) is 17.2. The topological polar surface area (TPSA) is 52.6 Å². The van der Waals surface area contributed by atoms with Crippen LogP contribution in [0.1, 0.15) is 18.4 Å². The van der Waals surface area contributed by atoms with Crippen LogP contribution in [0.2, 0.25) is 0 Å². The fourth-order valence-electron chi connectivity index (χ4n) is 3.13. The number of aromatic hydroxyl groups is 1. The van der Waals surface area contributed by atoms with Crippen molar-refractivity contribution in [1.82, 2.24) is 4.90 Å². The highest BCUT2D eigenvalue weighted by Crippen LogP contribution is 2.30. The maximum absolute atomic E-state index is 12.9. The molecule has 2 N–H and O–H groups in total. The Kier molecular flexibility index (Phi) is 4.02. The Morgan fingerprint density at radius 3 is 2.60 bits per heavy atom. The van der Waals surface area contributed by atoms with Crippen molar-refractivity contribution in [3.05, 3.63) is 72.3 Å². The van der Waals surface area contributed by atoms with Gasteiger partial charge in [0.15, 0.2) is 0 Å². The number of nitrogens with one attached hydrogen (secondary N) is 1. The van der Waals surface area contributed by atoms with Gasteiger partial charge in [-0.3, -0.25) is 0 Å². The van der Waals surface area contributed by atoms with Crippen molar-refractivity contribution in [3.63, 3.8) is 0 Å². The molecular formula is C21H20N2O2. The standard InChI is InChI=1S/C21H20N2O2/c24-18-8-3-5-15(13-18)14-23(17-11-12-17)21(25)22-20-10-4-7-16-6-1-2-9-19(16)20/h1-10,13,17,24H,11-12,14H2,(H,22,25). The van der Waals surface area contributed by atoms with E-state index in [4.69, 9.17) is 0 Å². The van der Waals surface area contributed by atoms with E-state index < -0.39 is 0 Å². The highest BCUT2D eigenvalue weighted by Gasteiger charge is 2.32. The van der Waals surface area contributed by atoms with Crippen molar-refractivity contribution in [2.75, 3.05) is 5.32 Å². The smallest absolute Gasteiger partial charge is 0.322 e. The third-order valence-electron chi connectivity index (χ3n) is 4.54. The van der Waals surface area contributed by atoms with Gasteiger partial charge in [-0.1, -0.05) is 48.5 Å². The molecular weight excluding hydrogens is 312 g/mol. The molecule has 3 aromatic rings. The van der Waals surface area contributed by atoms with E-state index in [1.54, 1.807) is 18.2 Å². The summed E-state index contributed by atoms with van der Waals surface area (Å²) >= 11 is 0. The molecule has 0 bridgehead atoms. The Balaban J connectivity index is 1.57. The lowest BCUT2D eigenvalue weighted by molar-refractivity contribution is 0.206. The molecule has 2 amide bonds. The zero-order valence-electron chi connectivity index (χ0n) is 13.9. The Labute approximate surface area is 146 Å². The molecule has 1 saturated carbocycles. The average molecular weight is 332 g/mol. The Hall–Kier alpha value is -3.01. The van der Waals surface area contributed by atoms with Crippen LogP contribution in [-0.4, -0.2) is 22.1 Å². The second-order valence-corrected chi connectivity index (χ2v) is 6.49. The summed E-state index contributed by atoms with van der Waals surface area (Å²) in [6, 6.07) is 21.2. The first-order valence-electron chi connectivity index (χ1n) is 8.54. The summed E-state index contributed by atoms with van der Waals surface area (Å²) in [5, 5.41) is 14.9. The number of phenols is 1. The summed E-state index contributed by atoms with van der Waals surface area (Å²) in [5.41, 5.74) is 1.75. The summed E-state index contributed by atoms with van der Waals surface area (Å²) < 4.78 is 0. The number of urea groups is 1. The predicted molar refractivity (Wildman–Crippen MR) is 99.6 cm³/mol. The number of carbonyl (C=O) groups excluding carboxylic acids is 1. The van der Waals surface area contributed by atoms with Gasteiger partial charge in [-0.05, 0) is 42.0 Å². The van der Waals surface area contributed by atoms with Crippen molar-refractivity contribution in [3.8, 4) is 5.75 Å². The second-order valence-electron chi connectivity index (χ2n) is 6.49. The molecule has 4 rings (SSSR count). The molecule has 0 saturated heterocycles. The van der Waals surface area contributed by atoms with Gasteiger partial charge in [-0.2, -0.15) is 0 Å². The molecule has 1 fully saturated rings. The van der Waals surface area contributed by atoms with Crippen molar-refractivity contribution in [1.29, 1.82) is 0 Å². The van der Waals surface area contributed by atoms with E-state index in [1.165, 1.54) is 0 Å². The molecule has 0 unspecified atom stereocenters. The number of phenolic OH excluding ortho intramolecular Hbond substituents is 1. The lowest BCUT2D eigenvalue weighted by Gasteiger charge is -2.23. The van der Waals surface area contributed by atoms with Gasteiger partial charge in [0, 0.05) is 18.0 Å². The summed E-state index contributed by atoms with van der Waals surface area (Å²) in [4.78, 5) is 14.7. The number of hydrogen-bond donors (Lipinski definition) is 2. The van der Waals surface area contributed by atoms with Crippen LogP contribution in [0.4, 0.5) is 10.5 Å². The minimum Gasteiger partial charge on any atom is -0.508 e.